The van der Waals surface area contributed by atoms with Crippen molar-refractivity contribution in [2.24, 2.45) is 0 Å². The molecule has 3 aromatic rings. The van der Waals surface area contributed by atoms with Gasteiger partial charge in [-0.05, 0) is 38.1 Å². The van der Waals surface area contributed by atoms with Crippen LogP contribution >= 0.6 is 11.8 Å². The number of carbonyl (C=O) groups is 2. The Labute approximate surface area is 178 Å². The number of thioether (sulfide) groups is 1. The third-order valence-corrected chi connectivity index (χ3v) is 5.88. The fourth-order valence-electron chi connectivity index (χ4n) is 3.56. The second kappa shape index (κ2) is 8.66. The number of benzene rings is 1. The SMILES string of the molecule is CCn1c(SCC(=O)N2c3ccccc3NC(=O)CC2C)nnc1-c1ccncc1. The summed E-state index contributed by atoms with van der Waals surface area (Å²) in [6.45, 7) is 4.59. The summed E-state index contributed by atoms with van der Waals surface area (Å²) in [7, 11) is 0. The minimum absolute atomic E-state index is 0.0763. The molecule has 3 heterocycles. The molecule has 30 heavy (non-hydrogen) atoms. The van der Waals surface area contributed by atoms with Gasteiger partial charge in [-0.3, -0.25) is 14.6 Å². The molecule has 2 aromatic heterocycles. The Balaban J connectivity index is 1.55. The first-order chi connectivity index (χ1) is 14.6. The highest BCUT2D eigenvalue weighted by molar-refractivity contribution is 7.99. The number of nitrogens with zero attached hydrogens (tertiary/aromatic N) is 5. The standard InChI is InChI=1S/C21H22N6O2S/c1-3-26-20(15-8-10-22-11-9-15)24-25-21(26)30-13-19(29)27-14(2)12-18(28)23-16-6-4-5-7-17(16)27/h4-11,14H,3,12-13H2,1-2H3,(H,23,28). The summed E-state index contributed by atoms with van der Waals surface area (Å²) in [5, 5.41) is 12.2. The minimum Gasteiger partial charge on any atom is -0.324 e. The molecule has 1 atom stereocenters. The van der Waals surface area contributed by atoms with Crippen LogP contribution in [0.3, 0.4) is 0 Å². The lowest BCUT2D eigenvalue weighted by molar-refractivity contribution is -0.117. The summed E-state index contributed by atoms with van der Waals surface area (Å²) in [5.41, 5.74) is 2.30. The second-order valence-corrected chi connectivity index (χ2v) is 7.90. The van der Waals surface area contributed by atoms with Crippen LogP contribution in [0.2, 0.25) is 0 Å². The molecule has 1 aromatic carbocycles. The van der Waals surface area contributed by atoms with Crippen molar-refractivity contribution in [3.8, 4) is 11.4 Å². The smallest absolute Gasteiger partial charge is 0.237 e. The normalized spacial score (nSPS) is 16.0. The zero-order valence-electron chi connectivity index (χ0n) is 16.8. The van der Waals surface area contributed by atoms with Crippen molar-refractivity contribution >= 4 is 35.0 Å². The van der Waals surface area contributed by atoms with Crippen molar-refractivity contribution in [1.82, 2.24) is 19.7 Å². The van der Waals surface area contributed by atoms with E-state index in [-0.39, 0.29) is 30.0 Å². The zero-order chi connectivity index (χ0) is 21.1. The average Bonchev–Trinajstić information content (AvgIpc) is 3.11. The molecule has 0 fully saturated rings. The Morgan fingerprint density at radius 3 is 2.73 bits per heavy atom. The third kappa shape index (κ3) is 3.93. The van der Waals surface area contributed by atoms with Gasteiger partial charge in [-0.25, -0.2) is 0 Å². The van der Waals surface area contributed by atoms with Gasteiger partial charge < -0.3 is 14.8 Å². The van der Waals surface area contributed by atoms with Crippen LogP contribution in [-0.4, -0.2) is 43.4 Å². The quantitative estimate of drug-likeness (QED) is 0.635. The molecule has 1 aliphatic heterocycles. The topological polar surface area (TPSA) is 93.0 Å². The number of para-hydroxylation sites is 2. The number of carbonyl (C=O) groups excluding carboxylic acids is 2. The molecule has 1 N–H and O–H groups in total. The lowest BCUT2D eigenvalue weighted by atomic mass is 10.2. The van der Waals surface area contributed by atoms with Gasteiger partial charge in [0.25, 0.3) is 0 Å². The molecule has 154 valence electrons. The Bertz CT molecular complexity index is 1070. The molecule has 9 heteroatoms. The van der Waals surface area contributed by atoms with Gasteiger partial charge in [-0.1, -0.05) is 23.9 Å². The van der Waals surface area contributed by atoms with E-state index in [9.17, 15) is 9.59 Å². The Hall–Kier alpha value is -3.20. The highest BCUT2D eigenvalue weighted by atomic mass is 32.2. The van der Waals surface area contributed by atoms with E-state index in [1.165, 1.54) is 11.8 Å². The van der Waals surface area contributed by atoms with E-state index in [2.05, 4.69) is 20.5 Å². The first kappa shape index (κ1) is 20.1. The van der Waals surface area contributed by atoms with Crippen LogP contribution in [-0.2, 0) is 16.1 Å². The second-order valence-electron chi connectivity index (χ2n) is 6.96. The van der Waals surface area contributed by atoms with E-state index in [1.807, 2.05) is 54.8 Å². The lowest BCUT2D eigenvalue weighted by Gasteiger charge is -2.27. The van der Waals surface area contributed by atoms with Gasteiger partial charge in [0.1, 0.15) is 0 Å². The highest BCUT2D eigenvalue weighted by Gasteiger charge is 2.29. The van der Waals surface area contributed by atoms with Crippen LogP contribution in [0.1, 0.15) is 20.3 Å². The van der Waals surface area contributed by atoms with Gasteiger partial charge >= 0.3 is 0 Å². The van der Waals surface area contributed by atoms with Gasteiger partial charge in [0.2, 0.25) is 11.8 Å². The van der Waals surface area contributed by atoms with E-state index < -0.39 is 0 Å². The van der Waals surface area contributed by atoms with Crippen molar-refractivity contribution in [2.45, 2.75) is 38.0 Å². The predicted molar refractivity (Wildman–Crippen MR) is 116 cm³/mol. The van der Waals surface area contributed by atoms with Crippen molar-refractivity contribution in [3.05, 3.63) is 48.8 Å². The zero-order valence-corrected chi connectivity index (χ0v) is 17.6. The van der Waals surface area contributed by atoms with Crippen molar-refractivity contribution < 1.29 is 9.59 Å². The van der Waals surface area contributed by atoms with E-state index in [0.717, 1.165) is 17.1 Å². The maximum Gasteiger partial charge on any atom is 0.237 e. The number of hydrogen-bond donors (Lipinski definition) is 1. The van der Waals surface area contributed by atoms with Gasteiger partial charge in [-0.2, -0.15) is 0 Å². The first-order valence-corrected chi connectivity index (χ1v) is 10.7. The van der Waals surface area contributed by atoms with Crippen LogP contribution in [0.4, 0.5) is 11.4 Å². The van der Waals surface area contributed by atoms with E-state index in [4.69, 9.17) is 0 Å². The fraction of sp³-hybridized carbons (Fsp3) is 0.286. The number of hydrogen-bond acceptors (Lipinski definition) is 6. The highest BCUT2D eigenvalue weighted by Crippen LogP contribution is 2.32. The van der Waals surface area contributed by atoms with E-state index >= 15 is 0 Å². The molecule has 4 rings (SSSR count). The van der Waals surface area contributed by atoms with Crippen molar-refractivity contribution in [2.75, 3.05) is 16.0 Å². The van der Waals surface area contributed by atoms with Gasteiger partial charge in [-0.15, -0.1) is 10.2 Å². The van der Waals surface area contributed by atoms with Crippen molar-refractivity contribution in [3.63, 3.8) is 0 Å². The molecule has 2 amide bonds. The lowest BCUT2D eigenvalue weighted by Crippen LogP contribution is -2.40. The molecule has 1 unspecified atom stereocenters. The number of fused-ring (bicyclic) bond motifs is 1. The summed E-state index contributed by atoms with van der Waals surface area (Å²) in [6.07, 6.45) is 3.68. The maximum absolute atomic E-state index is 13.2. The molecule has 0 saturated carbocycles. The van der Waals surface area contributed by atoms with Crippen LogP contribution < -0.4 is 10.2 Å². The Kier molecular flexibility index (Phi) is 5.80. The molecule has 1 aliphatic rings. The van der Waals surface area contributed by atoms with Crippen molar-refractivity contribution in [1.29, 1.82) is 0 Å². The predicted octanol–water partition coefficient (Wildman–Crippen LogP) is 3.22. The van der Waals surface area contributed by atoms with Crippen LogP contribution in [0, 0.1) is 0 Å². The number of pyridine rings is 1. The number of rotatable bonds is 5. The summed E-state index contributed by atoms with van der Waals surface area (Å²) in [5.74, 6) is 0.776. The Morgan fingerprint density at radius 2 is 1.97 bits per heavy atom. The summed E-state index contributed by atoms with van der Waals surface area (Å²) < 4.78 is 1.98. The Morgan fingerprint density at radius 1 is 1.20 bits per heavy atom. The molecule has 0 aliphatic carbocycles. The molecular weight excluding hydrogens is 400 g/mol. The van der Waals surface area contributed by atoms with Crippen LogP contribution in [0.15, 0.2) is 53.9 Å². The van der Waals surface area contributed by atoms with E-state index in [0.29, 0.717) is 17.4 Å². The summed E-state index contributed by atoms with van der Waals surface area (Å²) in [6, 6.07) is 10.9. The minimum atomic E-state index is -0.238. The molecule has 0 saturated heterocycles. The van der Waals surface area contributed by atoms with Gasteiger partial charge in [0.15, 0.2) is 11.0 Å². The fourth-order valence-corrected chi connectivity index (χ4v) is 4.42. The first-order valence-electron chi connectivity index (χ1n) is 9.75. The molecule has 0 radical (unpaired) electrons. The molecular formula is C21H22N6O2S. The van der Waals surface area contributed by atoms with Gasteiger partial charge in [0, 0.05) is 37.0 Å². The van der Waals surface area contributed by atoms with Gasteiger partial charge in [0.05, 0.1) is 17.1 Å². The van der Waals surface area contributed by atoms with E-state index in [1.54, 1.807) is 17.3 Å². The molecule has 0 bridgehead atoms. The largest absolute Gasteiger partial charge is 0.324 e. The number of nitrogens with one attached hydrogen (secondary N) is 1. The van der Waals surface area contributed by atoms with Crippen LogP contribution in [0.5, 0.6) is 0 Å². The maximum atomic E-state index is 13.2. The summed E-state index contributed by atoms with van der Waals surface area (Å²) >= 11 is 1.35. The number of amides is 2. The third-order valence-electron chi connectivity index (χ3n) is 4.92. The van der Waals surface area contributed by atoms with Crippen LogP contribution in [0.25, 0.3) is 11.4 Å². The number of anilines is 2. The summed E-state index contributed by atoms with van der Waals surface area (Å²) in [4.78, 5) is 31.1. The molecule has 8 nitrogen and oxygen atoms in total. The molecule has 0 spiro atoms. The number of aromatic nitrogens is 4. The average molecular weight is 423 g/mol. The monoisotopic (exact) mass is 422 g/mol.